The summed E-state index contributed by atoms with van der Waals surface area (Å²) in [5, 5.41) is 0. The Hall–Kier alpha value is -3.02. The van der Waals surface area contributed by atoms with Crippen molar-refractivity contribution >= 4 is 23.5 Å². The number of aliphatic imine (C=N–C) groups is 1. The van der Waals surface area contributed by atoms with Crippen LogP contribution < -0.4 is 15.2 Å². The molecule has 1 amide bonds. The number of rotatable bonds is 6. The molecule has 0 saturated heterocycles. The molecule has 0 radical (unpaired) electrons. The van der Waals surface area contributed by atoms with E-state index >= 15 is 0 Å². The normalized spacial score (nSPS) is 11.8. The third kappa shape index (κ3) is 3.48. The quantitative estimate of drug-likeness (QED) is 0.798. The Bertz CT molecular complexity index is 804. The van der Waals surface area contributed by atoms with E-state index in [0.717, 1.165) is 16.7 Å². The molecule has 0 spiro atoms. The van der Waals surface area contributed by atoms with Gasteiger partial charge in [-0.1, -0.05) is 12.1 Å². The second kappa shape index (κ2) is 7.50. The van der Waals surface area contributed by atoms with Gasteiger partial charge in [0.15, 0.2) is 11.5 Å². The first-order chi connectivity index (χ1) is 11.5. The van der Waals surface area contributed by atoms with Gasteiger partial charge in [-0.05, 0) is 37.1 Å². The molecule has 6 heteroatoms. The van der Waals surface area contributed by atoms with E-state index in [1.165, 1.54) is 0 Å². The molecule has 0 saturated carbocycles. The van der Waals surface area contributed by atoms with Gasteiger partial charge in [-0.2, -0.15) is 0 Å². The molecule has 1 aromatic heterocycles. The highest BCUT2D eigenvalue weighted by Gasteiger charge is 2.11. The van der Waals surface area contributed by atoms with Crippen LogP contribution in [-0.2, 0) is 0 Å². The van der Waals surface area contributed by atoms with Gasteiger partial charge in [0.1, 0.15) is 5.82 Å². The molecule has 1 aromatic carbocycles. The highest BCUT2D eigenvalue weighted by atomic mass is 16.5. The maximum absolute atomic E-state index is 11.3. The number of methoxy groups -OCH3 is 2. The van der Waals surface area contributed by atoms with E-state index in [2.05, 4.69) is 9.98 Å². The Labute approximate surface area is 141 Å². The molecular weight excluding hydrogens is 306 g/mol. The third-order valence-electron chi connectivity index (χ3n) is 3.74. The number of aromatic nitrogens is 1. The zero-order valence-corrected chi connectivity index (χ0v) is 14.2. The van der Waals surface area contributed by atoms with Crippen LogP contribution in [0.3, 0.4) is 0 Å². The average molecular weight is 327 g/mol. The van der Waals surface area contributed by atoms with E-state index in [-0.39, 0.29) is 0 Å². The third-order valence-corrected chi connectivity index (χ3v) is 3.74. The lowest BCUT2D eigenvalue weighted by Crippen LogP contribution is -2.10. The van der Waals surface area contributed by atoms with Gasteiger partial charge < -0.3 is 20.2 Å². The fraction of sp³-hybridized carbons (Fsp3) is 0.222. The van der Waals surface area contributed by atoms with Crippen LogP contribution in [0.2, 0.25) is 0 Å². The van der Waals surface area contributed by atoms with Crippen LogP contribution in [-0.4, -0.2) is 31.3 Å². The molecule has 0 fully saturated rings. The Balaban J connectivity index is 2.32. The Morgan fingerprint density at radius 2 is 1.96 bits per heavy atom. The smallest absolute Gasteiger partial charge is 0.250 e. The first kappa shape index (κ1) is 17.3. The Kier molecular flexibility index (Phi) is 5.42. The van der Waals surface area contributed by atoms with Crippen molar-refractivity contribution in [1.29, 1.82) is 0 Å². The van der Waals surface area contributed by atoms with Gasteiger partial charge >= 0.3 is 0 Å². The summed E-state index contributed by atoms with van der Waals surface area (Å²) in [6.07, 6.45) is 5.24. The molecular formula is C18H21N3O3. The zero-order valence-electron chi connectivity index (χ0n) is 14.2. The van der Waals surface area contributed by atoms with Gasteiger partial charge in [0.05, 0.1) is 19.8 Å². The number of nitrogens with zero attached hydrogens (tertiary/aromatic N) is 1. The summed E-state index contributed by atoms with van der Waals surface area (Å²) in [5.41, 5.74) is 8.33. The van der Waals surface area contributed by atoms with Crippen molar-refractivity contribution in [3.63, 3.8) is 0 Å². The lowest BCUT2D eigenvalue weighted by molar-refractivity contribution is 0.1000. The van der Waals surface area contributed by atoms with Gasteiger partial charge in [-0.3, -0.25) is 4.79 Å². The monoisotopic (exact) mass is 327 g/mol. The molecule has 0 aliphatic heterocycles. The minimum atomic E-state index is -0.476. The lowest BCUT2D eigenvalue weighted by atomic mass is 10.1. The molecule has 0 unspecified atom stereocenters. The maximum Gasteiger partial charge on any atom is 0.250 e. The topological polar surface area (TPSA) is 89.7 Å². The van der Waals surface area contributed by atoms with Gasteiger partial charge in [0.25, 0.3) is 5.91 Å². The number of carbonyl (C=O) groups is 1. The summed E-state index contributed by atoms with van der Waals surface area (Å²) in [6.45, 7) is 3.73. The maximum atomic E-state index is 11.3. The first-order valence-electron chi connectivity index (χ1n) is 7.42. The first-order valence-corrected chi connectivity index (χ1v) is 7.42. The molecule has 1 heterocycles. The molecule has 2 rings (SSSR count). The highest BCUT2D eigenvalue weighted by Crippen LogP contribution is 2.30. The zero-order chi connectivity index (χ0) is 17.7. The van der Waals surface area contributed by atoms with Crippen molar-refractivity contribution in [2.45, 2.75) is 13.8 Å². The van der Waals surface area contributed by atoms with E-state index in [0.29, 0.717) is 22.9 Å². The molecule has 24 heavy (non-hydrogen) atoms. The standard InChI is InChI=1S/C18H21N3O3/c1-5-12(13-6-7-15(23-3)16(8-13)24-4)9-20-18-11(2)14(10-21-18)17(19)22/h5-10,21H,1-4H3,(H2,19,22)/b12-5-,20-9-. The minimum absolute atomic E-state index is 0.440. The Morgan fingerprint density at radius 1 is 1.25 bits per heavy atom. The van der Waals surface area contributed by atoms with Crippen molar-refractivity contribution in [3.8, 4) is 11.5 Å². The van der Waals surface area contributed by atoms with Crippen LogP contribution in [0.15, 0.2) is 35.5 Å². The SMILES string of the molecule is C/C=C(/C=N\c1[nH]cc(C(N)=O)c1C)c1ccc(OC)c(OC)c1. The van der Waals surface area contributed by atoms with Crippen LogP contribution in [0, 0.1) is 6.92 Å². The summed E-state index contributed by atoms with van der Waals surface area (Å²) in [5.74, 6) is 1.44. The fourth-order valence-electron chi connectivity index (χ4n) is 2.34. The second-order valence-corrected chi connectivity index (χ2v) is 5.11. The molecule has 0 bridgehead atoms. The van der Waals surface area contributed by atoms with E-state index < -0.39 is 5.91 Å². The number of amides is 1. The molecule has 6 nitrogen and oxygen atoms in total. The molecule has 0 atom stereocenters. The van der Waals surface area contributed by atoms with Crippen molar-refractivity contribution in [3.05, 3.63) is 47.2 Å². The van der Waals surface area contributed by atoms with Crippen LogP contribution in [0.1, 0.15) is 28.4 Å². The molecule has 0 aliphatic carbocycles. The van der Waals surface area contributed by atoms with Crippen molar-refractivity contribution in [2.24, 2.45) is 10.7 Å². The molecule has 126 valence electrons. The molecule has 0 aliphatic rings. The van der Waals surface area contributed by atoms with Crippen molar-refractivity contribution in [1.82, 2.24) is 4.98 Å². The van der Waals surface area contributed by atoms with Gasteiger partial charge in [0, 0.05) is 18.0 Å². The van der Waals surface area contributed by atoms with Crippen LogP contribution >= 0.6 is 0 Å². The summed E-state index contributed by atoms with van der Waals surface area (Å²) in [7, 11) is 3.19. The van der Waals surface area contributed by atoms with E-state index in [4.69, 9.17) is 15.2 Å². The average Bonchev–Trinajstić information content (AvgIpc) is 2.96. The summed E-state index contributed by atoms with van der Waals surface area (Å²) < 4.78 is 10.6. The van der Waals surface area contributed by atoms with Crippen LogP contribution in [0.5, 0.6) is 11.5 Å². The van der Waals surface area contributed by atoms with Crippen LogP contribution in [0.4, 0.5) is 5.82 Å². The number of benzene rings is 1. The predicted octanol–water partition coefficient (Wildman–Crippen LogP) is 3.25. The van der Waals surface area contributed by atoms with E-state index in [1.54, 1.807) is 33.6 Å². The number of nitrogens with two attached hydrogens (primary N) is 1. The number of primary amides is 1. The number of hydrogen-bond donors (Lipinski definition) is 2. The van der Waals surface area contributed by atoms with Gasteiger partial charge in [0.2, 0.25) is 0 Å². The molecule has 2 aromatic rings. The number of aromatic amines is 1. The number of H-pyrrole nitrogens is 1. The largest absolute Gasteiger partial charge is 0.493 e. The van der Waals surface area contributed by atoms with Gasteiger partial charge in [-0.15, -0.1) is 0 Å². The Morgan fingerprint density at radius 3 is 2.50 bits per heavy atom. The van der Waals surface area contributed by atoms with Gasteiger partial charge in [-0.25, -0.2) is 4.99 Å². The van der Waals surface area contributed by atoms with Crippen molar-refractivity contribution < 1.29 is 14.3 Å². The summed E-state index contributed by atoms with van der Waals surface area (Å²) >= 11 is 0. The second-order valence-electron chi connectivity index (χ2n) is 5.11. The predicted molar refractivity (Wildman–Crippen MR) is 95.4 cm³/mol. The summed E-state index contributed by atoms with van der Waals surface area (Å²) in [6, 6.07) is 5.66. The van der Waals surface area contributed by atoms with E-state index in [9.17, 15) is 4.79 Å². The number of allylic oxidation sites excluding steroid dienone is 2. The number of nitrogens with one attached hydrogen (secondary N) is 1. The minimum Gasteiger partial charge on any atom is -0.493 e. The van der Waals surface area contributed by atoms with Crippen molar-refractivity contribution in [2.75, 3.05) is 14.2 Å². The summed E-state index contributed by atoms with van der Waals surface area (Å²) in [4.78, 5) is 18.7. The number of ether oxygens (including phenoxy) is 2. The number of hydrogen-bond acceptors (Lipinski definition) is 4. The lowest BCUT2D eigenvalue weighted by Gasteiger charge is -2.09. The molecule has 3 N–H and O–H groups in total. The highest BCUT2D eigenvalue weighted by molar-refractivity contribution is 6.10. The number of carbonyl (C=O) groups excluding carboxylic acids is 1. The van der Waals surface area contributed by atoms with Crippen LogP contribution in [0.25, 0.3) is 5.57 Å². The van der Waals surface area contributed by atoms with E-state index in [1.807, 2.05) is 31.2 Å². The fourth-order valence-corrected chi connectivity index (χ4v) is 2.34.